The Morgan fingerprint density at radius 2 is 1.94 bits per heavy atom. The van der Waals surface area contributed by atoms with Gasteiger partial charge in [0.2, 0.25) is 0 Å². The molecule has 1 aliphatic rings. The molecule has 0 saturated carbocycles. The van der Waals surface area contributed by atoms with Crippen molar-refractivity contribution in [3.05, 3.63) is 29.8 Å². The van der Waals surface area contributed by atoms with Crippen molar-refractivity contribution >= 4 is 23.5 Å². The van der Waals surface area contributed by atoms with E-state index in [1.165, 1.54) is 4.90 Å². The van der Waals surface area contributed by atoms with Gasteiger partial charge in [-0.15, -0.1) is 11.8 Å². The standard InChI is InChI=1S/C13H16N2OS/c1-8(2)11-13(16)15-12(14-11)9-4-6-10(17-3)7-5-9/h4-8,11H,1-3H3,(H,14,15,16). The number of aliphatic imine (C=N–C) groups is 1. The van der Waals surface area contributed by atoms with Crippen LogP contribution in [-0.4, -0.2) is 24.0 Å². The van der Waals surface area contributed by atoms with Crippen LogP contribution in [0.25, 0.3) is 0 Å². The molecule has 1 aromatic rings. The molecule has 0 fully saturated rings. The Bertz CT molecular complexity index is 451. The number of carbonyl (C=O) groups is 1. The summed E-state index contributed by atoms with van der Waals surface area (Å²) in [5.74, 6) is 0.934. The molecule has 1 amide bonds. The second-order valence-corrected chi connectivity index (χ2v) is 5.26. The van der Waals surface area contributed by atoms with Crippen LogP contribution in [0.3, 0.4) is 0 Å². The zero-order valence-corrected chi connectivity index (χ0v) is 11.0. The van der Waals surface area contributed by atoms with Crippen molar-refractivity contribution in [3.63, 3.8) is 0 Å². The van der Waals surface area contributed by atoms with E-state index < -0.39 is 0 Å². The van der Waals surface area contributed by atoms with Gasteiger partial charge < -0.3 is 5.32 Å². The Morgan fingerprint density at radius 3 is 2.41 bits per heavy atom. The van der Waals surface area contributed by atoms with Crippen molar-refractivity contribution in [2.24, 2.45) is 10.9 Å². The fraction of sp³-hybridized carbons (Fsp3) is 0.385. The minimum absolute atomic E-state index is 0.00365. The molecule has 0 bridgehead atoms. The highest BCUT2D eigenvalue weighted by Gasteiger charge is 2.29. The van der Waals surface area contributed by atoms with Crippen LogP contribution in [0, 0.1) is 5.92 Å². The molecule has 1 unspecified atom stereocenters. The van der Waals surface area contributed by atoms with Gasteiger partial charge >= 0.3 is 0 Å². The van der Waals surface area contributed by atoms with E-state index in [0.29, 0.717) is 5.84 Å². The first kappa shape index (κ1) is 12.2. The largest absolute Gasteiger partial charge is 0.309 e. The molecular weight excluding hydrogens is 232 g/mol. The molecule has 1 heterocycles. The number of nitrogens with zero attached hydrogens (tertiary/aromatic N) is 1. The number of amidine groups is 1. The Morgan fingerprint density at radius 1 is 1.29 bits per heavy atom. The van der Waals surface area contributed by atoms with Gasteiger partial charge in [0.1, 0.15) is 11.9 Å². The van der Waals surface area contributed by atoms with E-state index in [9.17, 15) is 4.79 Å². The lowest BCUT2D eigenvalue weighted by Crippen LogP contribution is -2.31. The molecule has 0 spiro atoms. The number of rotatable bonds is 3. The van der Waals surface area contributed by atoms with E-state index in [1.54, 1.807) is 11.8 Å². The highest BCUT2D eigenvalue weighted by Crippen LogP contribution is 2.18. The highest BCUT2D eigenvalue weighted by molar-refractivity contribution is 7.98. The van der Waals surface area contributed by atoms with Crippen molar-refractivity contribution in [1.29, 1.82) is 0 Å². The molecule has 0 aromatic heterocycles. The molecule has 90 valence electrons. The second-order valence-electron chi connectivity index (χ2n) is 4.38. The van der Waals surface area contributed by atoms with Crippen LogP contribution < -0.4 is 5.32 Å². The maximum Gasteiger partial charge on any atom is 0.250 e. The van der Waals surface area contributed by atoms with Crippen LogP contribution in [0.2, 0.25) is 0 Å². The molecule has 2 rings (SSSR count). The van der Waals surface area contributed by atoms with Crippen LogP contribution in [-0.2, 0) is 4.79 Å². The Balaban J connectivity index is 2.23. The third kappa shape index (κ3) is 2.52. The molecule has 0 saturated heterocycles. The highest BCUT2D eigenvalue weighted by atomic mass is 32.2. The number of nitrogens with one attached hydrogen (secondary N) is 1. The van der Waals surface area contributed by atoms with Crippen molar-refractivity contribution in [1.82, 2.24) is 5.32 Å². The minimum atomic E-state index is -0.245. The normalized spacial score (nSPS) is 19.4. The fourth-order valence-electron chi connectivity index (χ4n) is 1.77. The maximum atomic E-state index is 11.7. The summed E-state index contributed by atoms with van der Waals surface area (Å²) in [6.07, 6.45) is 2.04. The summed E-state index contributed by atoms with van der Waals surface area (Å²) >= 11 is 1.70. The second kappa shape index (κ2) is 4.92. The topological polar surface area (TPSA) is 41.5 Å². The summed E-state index contributed by atoms with van der Waals surface area (Å²) in [5.41, 5.74) is 0.972. The summed E-state index contributed by atoms with van der Waals surface area (Å²) < 4.78 is 0. The van der Waals surface area contributed by atoms with Crippen molar-refractivity contribution in [2.75, 3.05) is 6.26 Å². The monoisotopic (exact) mass is 248 g/mol. The number of carbonyl (C=O) groups excluding carboxylic acids is 1. The van der Waals surface area contributed by atoms with E-state index in [0.717, 1.165) is 5.56 Å². The van der Waals surface area contributed by atoms with Gasteiger partial charge in [-0.3, -0.25) is 9.79 Å². The first-order chi connectivity index (χ1) is 8.11. The zero-order chi connectivity index (χ0) is 12.4. The van der Waals surface area contributed by atoms with Crippen molar-refractivity contribution < 1.29 is 4.79 Å². The van der Waals surface area contributed by atoms with Gasteiger partial charge in [0.15, 0.2) is 0 Å². The minimum Gasteiger partial charge on any atom is -0.309 e. The first-order valence-corrected chi connectivity index (χ1v) is 6.87. The van der Waals surface area contributed by atoms with Crippen LogP contribution in [0.15, 0.2) is 34.2 Å². The van der Waals surface area contributed by atoms with E-state index in [1.807, 2.05) is 44.4 Å². The van der Waals surface area contributed by atoms with Crippen molar-refractivity contribution in [3.8, 4) is 0 Å². The van der Waals surface area contributed by atoms with Gasteiger partial charge in [-0.25, -0.2) is 0 Å². The SMILES string of the molecule is CSc1ccc(C2=NC(C(C)C)C(=O)N2)cc1. The molecule has 1 atom stereocenters. The molecule has 1 N–H and O–H groups in total. The van der Waals surface area contributed by atoms with Crippen LogP contribution >= 0.6 is 11.8 Å². The smallest absolute Gasteiger partial charge is 0.250 e. The molecule has 3 nitrogen and oxygen atoms in total. The third-order valence-electron chi connectivity index (χ3n) is 2.77. The summed E-state index contributed by atoms with van der Waals surface area (Å²) in [4.78, 5) is 17.3. The predicted molar refractivity (Wildman–Crippen MR) is 71.5 cm³/mol. The Labute approximate surface area is 106 Å². The van der Waals surface area contributed by atoms with E-state index in [4.69, 9.17) is 0 Å². The lowest BCUT2D eigenvalue weighted by atomic mass is 10.1. The summed E-state index contributed by atoms with van der Waals surface area (Å²) in [5, 5.41) is 2.84. The quantitative estimate of drug-likeness (QED) is 0.834. The van der Waals surface area contributed by atoms with Gasteiger partial charge in [-0.05, 0) is 24.3 Å². The lowest BCUT2D eigenvalue weighted by Gasteiger charge is -2.06. The molecule has 0 radical (unpaired) electrons. The van der Waals surface area contributed by atoms with Gasteiger partial charge in [0.25, 0.3) is 5.91 Å². The lowest BCUT2D eigenvalue weighted by molar-refractivity contribution is -0.120. The molecule has 17 heavy (non-hydrogen) atoms. The van der Waals surface area contributed by atoms with E-state index in [-0.39, 0.29) is 17.9 Å². The Hall–Kier alpha value is -1.29. The molecule has 4 heteroatoms. The van der Waals surface area contributed by atoms with Gasteiger partial charge in [0.05, 0.1) is 0 Å². The van der Waals surface area contributed by atoms with Crippen LogP contribution in [0.4, 0.5) is 0 Å². The maximum absolute atomic E-state index is 11.7. The van der Waals surface area contributed by atoms with E-state index >= 15 is 0 Å². The third-order valence-corrected chi connectivity index (χ3v) is 3.52. The Kier molecular flexibility index (Phi) is 3.52. The average molecular weight is 248 g/mol. The molecule has 1 aromatic carbocycles. The van der Waals surface area contributed by atoms with Crippen molar-refractivity contribution in [2.45, 2.75) is 24.8 Å². The fourth-order valence-corrected chi connectivity index (χ4v) is 2.18. The first-order valence-electron chi connectivity index (χ1n) is 5.65. The number of amides is 1. The van der Waals surface area contributed by atoms with Crippen LogP contribution in [0.1, 0.15) is 19.4 Å². The summed E-state index contributed by atoms with van der Waals surface area (Å²) in [7, 11) is 0. The predicted octanol–water partition coefficient (Wildman–Crippen LogP) is 2.31. The van der Waals surface area contributed by atoms with Gasteiger partial charge in [-0.2, -0.15) is 0 Å². The number of hydrogen-bond donors (Lipinski definition) is 1. The number of hydrogen-bond acceptors (Lipinski definition) is 3. The van der Waals surface area contributed by atoms with E-state index in [2.05, 4.69) is 10.3 Å². The van der Waals surface area contributed by atoms with Gasteiger partial charge in [0, 0.05) is 10.5 Å². The zero-order valence-electron chi connectivity index (χ0n) is 10.2. The van der Waals surface area contributed by atoms with Crippen LogP contribution in [0.5, 0.6) is 0 Å². The number of thioether (sulfide) groups is 1. The molecule has 1 aliphatic heterocycles. The summed E-state index contributed by atoms with van der Waals surface area (Å²) in [6.45, 7) is 4.01. The average Bonchev–Trinajstić information content (AvgIpc) is 2.71. The molecular formula is C13H16N2OS. The molecule has 0 aliphatic carbocycles. The number of benzene rings is 1. The van der Waals surface area contributed by atoms with Gasteiger partial charge in [-0.1, -0.05) is 26.0 Å². The summed E-state index contributed by atoms with van der Waals surface area (Å²) in [6, 6.07) is 7.82.